The van der Waals surface area contributed by atoms with Crippen LogP contribution in [0.5, 0.6) is 0 Å². The van der Waals surface area contributed by atoms with Crippen molar-refractivity contribution in [2.24, 2.45) is 5.41 Å². The lowest BCUT2D eigenvalue weighted by molar-refractivity contribution is -0.131. The number of rotatable bonds is 3. The second-order valence-electron chi connectivity index (χ2n) is 7.78. The molecule has 1 atom stereocenters. The maximum Gasteiger partial charge on any atom is 0.233 e. The van der Waals surface area contributed by atoms with E-state index in [0.29, 0.717) is 5.89 Å². The van der Waals surface area contributed by atoms with Gasteiger partial charge in [-0.25, -0.2) is 0 Å². The Morgan fingerprint density at radius 3 is 2.58 bits per heavy atom. The SMILES string of the molecule is CC(=O)N1CCC2(CC1)CC(c1nnc(C)o1)N(Cc1ccccc1)C2. The van der Waals surface area contributed by atoms with Crippen LogP contribution in [0.25, 0.3) is 0 Å². The van der Waals surface area contributed by atoms with Crippen molar-refractivity contribution in [1.82, 2.24) is 20.0 Å². The van der Waals surface area contributed by atoms with E-state index in [2.05, 4.69) is 39.4 Å². The number of nitrogens with zero attached hydrogens (tertiary/aromatic N) is 4. The number of carbonyl (C=O) groups is 1. The Kier molecular flexibility index (Phi) is 4.53. The maximum absolute atomic E-state index is 11.7. The smallest absolute Gasteiger partial charge is 0.233 e. The van der Waals surface area contributed by atoms with Gasteiger partial charge in [-0.2, -0.15) is 0 Å². The molecule has 1 spiro atoms. The van der Waals surface area contributed by atoms with Crippen molar-refractivity contribution in [2.45, 2.75) is 45.7 Å². The van der Waals surface area contributed by atoms with E-state index in [4.69, 9.17) is 4.42 Å². The third-order valence-corrected chi connectivity index (χ3v) is 5.93. The fourth-order valence-electron chi connectivity index (χ4n) is 4.48. The molecule has 26 heavy (non-hydrogen) atoms. The van der Waals surface area contributed by atoms with Gasteiger partial charge >= 0.3 is 0 Å². The van der Waals surface area contributed by atoms with Crippen LogP contribution >= 0.6 is 0 Å². The van der Waals surface area contributed by atoms with E-state index >= 15 is 0 Å². The molecule has 0 saturated carbocycles. The number of benzene rings is 1. The van der Waals surface area contributed by atoms with Crippen LogP contribution < -0.4 is 0 Å². The van der Waals surface area contributed by atoms with Gasteiger partial charge in [0.25, 0.3) is 0 Å². The minimum absolute atomic E-state index is 0.153. The Hall–Kier alpha value is -2.21. The van der Waals surface area contributed by atoms with Gasteiger partial charge in [0.05, 0.1) is 6.04 Å². The first-order valence-electron chi connectivity index (χ1n) is 9.38. The Morgan fingerprint density at radius 1 is 1.23 bits per heavy atom. The third kappa shape index (κ3) is 3.38. The Balaban J connectivity index is 1.55. The van der Waals surface area contributed by atoms with Gasteiger partial charge in [-0.15, -0.1) is 10.2 Å². The van der Waals surface area contributed by atoms with Crippen molar-refractivity contribution in [3.63, 3.8) is 0 Å². The predicted octanol–water partition coefficient (Wildman–Crippen LogP) is 2.95. The molecule has 1 aromatic carbocycles. The number of aryl methyl sites for hydroxylation is 1. The summed E-state index contributed by atoms with van der Waals surface area (Å²) in [5.41, 5.74) is 1.53. The van der Waals surface area contributed by atoms with Gasteiger partial charge in [-0.05, 0) is 30.2 Å². The molecule has 1 unspecified atom stereocenters. The van der Waals surface area contributed by atoms with Crippen molar-refractivity contribution < 1.29 is 9.21 Å². The van der Waals surface area contributed by atoms with Gasteiger partial charge in [0.2, 0.25) is 17.7 Å². The normalized spacial score (nSPS) is 22.8. The van der Waals surface area contributed by atoms with Gasteiger partial charge in [0, 0.05) is 40.0 Å². The van der Waals surface area contributed by atoms with Crippen LogP contribution in [0.3, 0.4) is 0 Å². The first-order valence-corrected chi connectivity index (χ1v) is 9.38. The summed E-state index contributed by atoms with van der Waals surface area (Å²) in [5, 5.41) is 8.36. The van der Waals surface area contributed by atoms with E-state index in [9.17, 15) is 4.79 Å². The van der Waals surface area contributed by atoms with Gasteiger partial charge in [0.1, 0.15) is 0 Å². The molecule has 2 aliphatic rings. The molecule has 0 radical (unpaired) electrons. The number of hydrogen-bond acceptors (Lipinski definition) is 5. The van der Waals surface area contributed by atoms with Crippen molar-refractivity contribution in [3.8, 4) is 0 Å². The second-order valence-corrected chi connectivity index (χ2v) is 7.78. The highest BCUT2D eigenvalue weighted by atomic mass is 16.4. The molecule has 138 valence electrons. The topological polar surface area (TPSA) is 62.5 Å². The summed E-state index contributed by atoms with van der Waals surface area (Å²) in [6.45, 7) is 7.10. The molecule has 2 aromatic rings. The molecule has 6 heteroatoms. The molecule has 0 N–H and O–H groups in total. The summed E-state index contributed by atoms with van der Waals surface area (Å²) < 4.78 is 5.80. The van der Waals surface area contributed by atoms with E-state index in [1.165, 1.54) is 5.56 Å². The molecule has 0 bridgehead atoms. The molecule has 2 saturated heterocycles. The van der Waals surface area contributed by atoms with Crippen LogP contribution in [0.4, 0.5) is 0 Å². The van der Waals surface area contributed by atoms with E-state index in [1.807, 2.05) is 17.9 Å². The largest absolute Gasteiger partial charge is 0.424 e. The van der Waals surface area contributed by atoms with Crippen molar-refractivity contribution in [3.05, 3.63) is 47.7 Å². The van der Waals surface area contributed by atoms with Crippen LogP contribution in [0.2, 0.25) is 0 Å². The summed E-state index contributed by atoms with van der Waals surface area (Å²) in [7, 11) is 0. The number of hydrogen-bond donors (Lipinski definition) is 0. The molecule has 2 fully saturated rings. The highest BCUT2D eigenvalue weighted by Crippen LogP contribution is 2.49. The Bertz CT molecular complexity index is 765. The molecule has 1 amide bonds. The first-order chi connectivity index (χ1) is 12.5. The molecular formula is C20H26N4O2. The number of carbonyl (C=O) groups excluding carboxylic acids is 1. The van der Waals surface area contributed by atoms with E-state index in [1.54, 1.807) is 6.92 Å². The van der Waals surface area contributed by atoms with Crippen molar-refractivity contribution >= 4 is 5.91 Å². The first kappa shape index (κ1) is 17.2. The molecule has 0 aliphatic carbocycles. The minimum Gasteiger partial charge on any atom is -0.424 e. The zero-order valence-corrected chi connectivity index (χ0v) is 15.5. The average molecular weight is 354 g/mol. The maximum atomic E-state index is 11.7. The van der Waals surface area contributed by atoms with Crippen LogP contribution in [0.1, 0.15) is 49.6 Å². The number of amides is 1. The molecule has 2 aliphatic heterocycles. The fourth-order valence-corrected chi connectivity index (χ4v) is 4.48. The quantitative estimate of drug-likeness (QED) is 0.848. The van der Waals surface area contributed by atoms with Crippen LogP contribution in [-0.4, -0.2) is 45.5 Å². The van der Waals surface area contributed by atoms with E-state index in [-0.39, 0.29) is 17.4 Å². The fraction of sp³-hybridized carbons (Fsp3) is 0.550. The highest BCUT2D eigenvalue weighted by Gasteiger charge is 2.47. The lowest BCUT2D eigenvalue weighted by Gasteiger charge is -2.39. The Morgan fingerprint density at radius 2 is 1.96 bits per heavy atom. The molecule has 4 rings (SSSR count). The number of piperidine rings is 1. The van der Waals surface area contributed by atoms with Gasteiger partial charge in [0.15, 0.2) is 0 Å². The van der Waals surface area contributed by atoms with Crippen LogP contribution in [0, 0.1) is 12.3 Å². The summed E-state index contributed by atoms with van der Waals surface area (Å²) in [5.74, 6) is 1.53. The predicted molar refractivity (Wildman–Crippen MR) is 97.2 cm³/mol. The minimum atomic E-state index is 0.153. The van der Waals surface area contributed by atoms with E-state index in [0.717, 1.165) is 51.3 Å². The summed E-state index contributed by atoms with van der Waals surface area (Å²) in [6, 6.07) is 10.7. The van der Waals surface area contributed by atoms with Crippen molar-refractivity contribution in [1.29, 1.82) is 0 Å². The van der Waals surface area contributed by atoms with Crippen LogP contribution in [-0.2, 0) is 11.3 Å². The van der Waals surface area contributed by atoms with Gasteiger partial charge in [-0.3, -0.25) is 9.69 Å². The second kappa shape index (κ2) is 6.83. The molecular weight excluding hydrogens is 328 g/mol. The zero-order chi connectivity index (χ0) is 18.1. The number of aromatic nitrogens is 2. The third-order valence-electron chi connectivity index (χ3n) is 5.93. The highest BCUT2D eigenvalue weighted by molar-refractivity contribution is 5.73. The summed E-state index contributed by atoms with van der Waals surface area (Å²) in [4.78, 5) is 16.1. The average Bonchev–Trinajstić information content (AvgIpc) is 3.20. The van der Waals surface area contributed by atoms with Gasteiger partial charge < -0.3 is 9.32 Å². The summed E-state index contributed by atoms with van der Waals surface area (Å²) >= 11 is 0. The Labute approximate surface area is 154 Å². The monoisotopic (exact) mass is 354 g/mol. The zero-order valence-electron chi connectivity index (χ0n) is 15.5. The van der Waals surface area contributed by atoms with Gasteiger partial charge in [-0.1, -0.05) is 30.3 Å². The molecule has 3 heterocycles. The number of likely N-dealkylation sites (tertiary alicyclic amines) is 2. The van der Waals surface area contributed by atoms with Crippen molar-refractivity contribution in [2.75, 3.05) is 19.6 Å². The molecule has 6 nitrogen and oxygen atoms in total. The summed E-state index contributed by atoms with van der Waals surface area (Å²) in [6.07, 6.45) is 3.11. The molecule has 1 aromatic heterocycles. The van der Waals surface area contributed by atoms with Crippen LogP contribution in [0.15, 0.2) is 34.7 Å². The lowest BCUT2D eigenvalue weighted by atomic mass is 9.76. The standard InChI is InChI=1S/C20H26N4O2/c1-15-21-22-19(26-15)18-12-20(8-10-23(11-9-20)16(2)25)14-24(18)13-17-6-4-3-5-7-17/h3-7,18H,8-14H2,1-2H3. The lowest BCUT2D eigenvalue weighted by Crippen LogP contribution is -2.43. The van der Waals surface area contributed by atoms with E-state index < -0.39 is 0 Å².